The van der Waals surface area contributed by atoms with Crippen molar-refractivity contribution in [1.29, 1.82) is 0 Å². The first-order chi connectivity index (χ1) is 7.81. The van der Waals surface area contributed by atoms with Gasteiger partial charge in [0.2, 0.25) is 0 Å². The zero-order chi connectivity index (χ0) is 11.1. The molecule has 0 unspecified atom stereocenters. The summed E-state index contributed by atoms with van der Waals surface area (Å²) in [6.07, 6.45) is 1.73. The molecular formula is C12H6O2S2. The Morgan fingerprint density at radius 1 is 0.812 bits per heavy atom. The quantitative estimate of drug-likeness (QED) is 0.645. The summed E-state index contributed by atoms with van der Waals surface area (Å²) in [6.45, 7) is 0. The van der Waals surface area contributed by atoms with Crippen LogP contribution in [0.15, 0.2) is 24.3 Å². The lowest BCUT2D eigenvalue weighted by molar-refractivity contribution is 0.111. The van der Waals surface area contributed by atoms with E-state index in [9.17, 15) is 9.59 Å². The maximum atomic E-state index is 10.7. The zero-order valence-corrected chi connectivity index (χ0v) is 9.73. The van der Waals surface area contributed by atoms with Crippen LogP contribution in [-0.2, 0) is 0 Å². The molecule has 0 atom stereocenters. The highest BCUT2D eigenvalue weighted by molar-refractivity contribution is 7.22. The van der Waals surface area contributed by atoms with Crippen molar-refractivity contribution < 1.29 is 9.59 Å². The molecule has 3 rings (SSSR count). The molecule has 0 aliphatic rings. The Labute approximate surface area is 99.1 Å². The van der Waals surface area contributed by atoms with Gasteiger partial charge >= 0.3 is 0 Å². The summed E-state index contributed by atoms with van der Waals surface area (Å²) in [5.74, 6) is 0. The maximum absolute atomic E-state index is 10.7. The molecular weight excluding hydrogens is 240 g/mol. The van der Waals surface area contributed by atoms with E-state index in [4.69, 9.17) is 0 Å². The summed E-state index contributed by atoms with van der Waals surface area (Å²) in [4.78, 5) is 22.9. The maximum Gasteiger partial charge on any atom is 0.160 e. The SMILES string of the molecule is O=Cc1cc2c(ccc3sc(C=O)cc32)s1. The number of rotatable bonds is 2. The van der Waals surface area contributed by atoms with Crippen molar-refractivity contribution in [3.63, 3.8) is 0 Å². The third-order valence-corrected chi connectivity index (χ3v) is 4.52. The number of carbonyl (C=O) groups is 2. The second-order valence-corrected chi connectivity index (χ2v) is 5.65. The third-order valence-electron chi connectivity index (χ3n) is 2.47. The summed E-state index contributed by atoms with van der Waals surface area (Å²) >= 11 is 2.95. The molecule has 0 spiro atoms. The van der Waals surface area contributed by atoms with Crippen LogP contribution in [0.3, 0.4) is 0 Å². The standard InChI is InChI=1S/C12H6O2S2/c13-5-7-3-9-10-4-8(6-14)16-12(10)2-1-11(9)15-7/h1-6H. The molecule has 0 saturated carbocycles. The summed E-state index contributed by atoms with van der Waals surface area (Å²) in [6, 6.07) is 7.77. The number of benzene rings is 1. The van der Waals surface area contributed by atoms with E-state index in [2.05, 4.69) is 0 Å². The van der Waals surface area contributed by atoms with Gasteiger partial charge in [-0.05, 0) is 24.3 Å². The van der Waals surface area contributed by atoms with Crippen molar-refractivity contribution in [2.45, 2.75) is 0 Å². The molecule has 1 aromatic carbocycles. The van der Waals surface area contributed by atoms with Crippen molar-refractivity contribution >= 4 is 55.4 Å². The number of fused-ring (bicyclic) bond motifs is 3. The number of aldehydes is 2. The van der Waals surface area contributed by atoms with Crippen LogP contribution >= 0.6 is 22.7 Å². The minimum absolute atomic E-state index is 0.723. The Balaban J connectivity index is 2.46. The molecule has 0 radical (unpaired) electrons. The molecule has 0 aliphatic carbocycles. The van der Waals surface area contributed by atoms with Crippen LogP contribution in [0.25, 0.3) is 20.2 Å². The topological polar surface area (TPSA) is 34.1 Å². The van der Waals surface area contributed by atoms with E-state index in [1.54, 1.807) is 0 Å². The monoisotopic (exact) mass is 246 g/mol. The van der Waals surface area contributed by atoms with E-state index in [0.717, 1.165) is 42.5 Å². The molecule has 0 amide bonds. The fourth-order valence-electron chi connectivity index (χ4n) is 1.79. The van der Waals surface area contributed by atoms with Crippen LogP contribution in [-0.4, -0.2) is 12.6 Å². The van der Waals surface area contributed by atoms with Crippen LogP contribution in [0.1, 0.15) is 19.3 Å². The predicted octanol–water partition coefficient (Wildman–Crippen LogP) is 3.74. The molecule has 4 heteroatoms. The van der Waals surface area contributed by atoms with Gasteiger partial charge in [-0.1, -0.05) is 0 Å². The molecule has 0 N–H and O–H groups in total. The second-order valence-electron chi connectivity index (χ2n) is 3.42. The van der Waals surface area contributed by atoms with Gasteiger partial charge in [0.25, 0.3) is 0 Å². The van der Waals surface area contributed by atoms with E-state index in [1.807, 2.05) is 24.3 Å². The first-order valence-corrected chi connectivity index (χ1v) is 6.31. The van der Waals surface area contributed by atoms with Gasteiger partial charge in [-0.15, -0.1) is 22.7 Å². The Kier molecular flexibility index (Phi) is 2.12. The molecule has 16 heavy (non-hydrogen) atoms. The lowest BCUT2D eigenvalue weighted by atomic mass is 10.2. The Bertz CT molecular complexity index is 645. The average Bonchev–Trinajstić information content (AvgIpc) is 2.90. The first kappa shape index (κ1) is 9.69. The van der Waals surface area contributed by atoms with Gasteiger partial charge in [-0.3, -0.25) is 9.59 Å². The van der Waals surface area contributed by atoms with Gasteiger partial charge in [-0.2, -0.15) is 0 Å². The fraction of sp³-hybridized carbons (Fsp3) is 0. The van der Waals surface area contributed by atoms with E-state index >= 15 is 0 Å². The number of hydrogen-bond acceptors (Lipinski definition) is 4. The lowest BCUT2D eigenvalue weighted by Gasteiger charge is -1.90. The zero-order valence-electron chi connectivity index (χ0n) is 8.10. The van der Waals surface area contributed by atoms with E-state index in [-0.39, 0.29) is 0 Å². The van der Waals surface area contributed by atoms with E-state index < -0.39 is 0 Å². The van der Waals surface area contributed by atoms with Gasteiger partial charge in [0.1, 0.15) is 0 Å². The number of hydrogen-bond donors (Lipinski definition) is 0. The fourth-order valence-corrected chi connectivity index (χ4v) is 3.57. The molecule has 0 fully saturated rings. The Morgan fingerprint density at radius 3 is 1.62 bits per heavy atom. The van der Waals surface area contributed by atoms with Crippen molar-refractivity contribution in [3.8, 4) is 0 Å². The van der Waals surface area contributed by atoms with Gasteiger partial charge in [0.15, 0.2) is 12.6 Å². The summed E-state index contributed by atoms with van der Waals surface area (Å²) in [7, 11) is 0. The second kappa shape index (κ2) is 3.50. The van der Waals surface area contributed by atoms with Crippen LogP contribution in [0.2, 0.25) is 0 Å². The minimum Gasteiger partial charge on any atom is -0.297 e. The molecule has 78 valence electrons. The van der Waals surface area contributed by atoms with Crippen LogP contribution in [0.5, 0.6) is 0 Å². The van der Waals surface area contributed by atoms with Gasteiger partial charge in [0, 0.05) is 20.2 Å². The van der Waals surface area contributed by atoms with Crippen molar-refractivity contribution in [2.24, 2.45) is 0 Å². The average molecular weight is 246 g/mol. The molecule has 0 saturated heterocycles. The van der Waals surface area contributed by atoms with Crippen molar-refractivity contribution in [3.05, 3.63) is 34.0 Å². The molecule has 2 heterocycles. The molecule has 0 bridgehead atoms. The largest absolute Gasteiger partial charge is 0.297 e. The number of carbonyl (C=O) groups excluding carboxylic acids is 2. The summed E-state index contributed by atoms with van der Waals surface area (Å²) < 4.78 is 2.18. The van der Waals surface area contributed by atoms with E-state index in [1.165, 1.54) is 22.7 Å². The molecule has 0 aliphatic heterocycles. The highest BCUT2D eigenvalue weighted by atomic mass is 32.1. The highest BCUT2D eigenvalue weighted by Gasteiger charge is 2.08. The van der Waals surface area contributed by atoms with Gasteiger partial charge in [0.05, 0.1) is 9.75 Å². The van der Waals surface area contributed by atoms with Gasteiger partial charge < -0.3 is 0 Å². The summed E-state index contributed by atoms with van der Waals surface area (Å²) in [5, 5.41) is 2.13. The number of thiophene rings is 2. The van der Waals surface area contributed by atoms with Gasteiger partial charge in [-0.25, -0.2) is 0 Å². The lowest BCUT2D eigenvalue weighted by Crippen LogP contribution is -1.66. The van der Waals surface area contributed by atoms with Crippen LogP contribution in [0, 0.1) is 0 Å². The smallest absolute Gasteiger partial charge is 0.160 e. The summed E-state index contributed by atoms with van der Waals surface area (Å²) in [5.41, 5.74) is 0. The molecule has 3 aromatic rings. The third kappa shape index (κ3) is 1.31. The van der Waals surface area contributed by atoms with Crippen molar-refractivity contribution in [1.82, 2.24) is 0 Å². The first-order valence-electron chi connectivity index (χ1n) is 4.68. The normalized spacial score (nSPS) is 11.0. The molecule has 2 nitrogen and oxygen atoms in total. The minimum atomic E-state index is 0.723. The highest BCUT2D eigenvalue weighted by Crippen LogP contribution is 2.35. The van der Waals surface area contributed by atoms with Crippen LogP contribution in [0.4, 0.5) is 0 Å². The van der Waals surface area contributed by atoms with E-state index in [0.29, 0.717) is 0 Å². The molecule has 2 aromatic heterocycles. The predicted molar refractivity (Wildman–Crippen MR) is 68.0 cm³/mol. The van der Waals surface area contributed by atoms with Crippen LogP contribution < -0.4 is 0 Å². The van der Waals surface area contributed by atoms with Crippen molar-refractivity contribution in [2.75, 3.05) is 0 Å². The Morgan fingerprint density at radius 2 is 1.25 bits per heavy atom. The Hall–Kier alpha value is -1.52.